The molecule has 0 saturated carbocycles. The van der Waals surface area contributed by atoms with Crippen molar-refractivity contribution in [2.24, 2.45) is 0 Å². The molecule has 118 valence electrons. The SMILES string of the molecule is N#Cc1ccc(S(=O)(=O)NCc2ccccc2CC(=O)O)cn1. The zero-order valence-corrected chi connectivity index (χ0v) is 12.7. The van der Waals surface area contributed by atoms with E-state index in [0.29, 0.717) is 11.1 Å². The van der Waals surface area contributed by atoms with E-state index in [2.05, 4.69) is 9.71 Å². The number of carbonyl (C=O) groups is 1. The number of nitriles is 1. The van der Waals surface area contributed by atoms with Gasteiger partial charge in [0.2, 0.25) is 10.0 Å². The van der Waals surface area contributed by atoms with Gasteiger partial charge in [0.05, 0.1) is 6.42 Å². The van der Waals surface area contributed by atoms with Crippen LogP contribution in [0.25, 0.3) is 0 Å². The first-order valence-corrected chi connectivity index (χ1v) is 8.05. The summed E-state index contributed by atoms with van der Waals surface area (Å²) in [5.41, 5.74) is 1.25. The summed E-state index contributed by atoms with van der Waals surface area (Å²) in [5, 5.41) is 17.5. The van der Waals surface area contributed by atoms with E-state index in [4.69, 9.17) is 10.4 Å². The third kappa shape index (κ3) is 4.35. The fraction of sp³-hybridized carbons (Fsp3) is 0.133. The first-order chi connectivity index (χ1) is 10.9. The molecule has 0 atom stereocenters. The minimum atomic E-state index is -3.80. The number of nitrogens with zero attached hydrogens (tertiary/aromatic N) is 2. The molecule has 0 unspecified atom stereocenters. The molecule has 1 aromatic heterocycles. The van der Waals surface area contributed by atoms with Gasteiger partial charge in [-0.25, -0.2) is 18.1 Å². The summed E-state index contributed by atoms with van der Waals surface area (Å²) in [6.07, 6.45) is 0.917. The molecule has 7 nitrogen and oxygen atoms in total. The smallest absolute Gasteiger partial charge is 0.307 e. The standard InChI is InChI=1S/C15H13N3O4S/c16-8-13-5-6-14(10-17-13)23(21,22)18-9-12-4-2-1-3-11(12)7-15(19)20/h1-6,10,18H,7,9H2,(H,19,20). The third-order valence-corrected chi connectivity index (χ3v) is 4.46. The van der Waals surface area contributed by atoms with E-state index in [9.17, 15) is 13.2 Å². The second-order valence-electron chi connectivity index (χ2n) is 4.65. The number of carboxylic acid groups (broad SMARTS) is 1. The summed E-state index contributed by atoms with van der Waals surface area (Å²) < 4.78 is 26.8. The van der Waals surface area contributed by atoms with Crippen LogP contribution in [0.1, 0.15) is 16.8 Å². The van der Waals surface area contributed by atoms with Crippen molar-refractivity contribution in [3.8, 4) is 6.07 Å². The van der Waals surface area contributed by atoms with Gasteiger partial charge in [-0.3, -0.25) is 4.79 Å². The van der Waals surface area contributed by atoms with Gasteiger partial charge in [-0.1, -0.05) is 24.3 Å². The summed E-state index contributed by atoms with van der Waals surface area (Å²) in [7, 11) is -3.80. The highest BCUT2D eigenvalue weighted by atomic mass is 32.2. The molecule has 0 aliphatic heterocycles. The van der Waals surface area contributed by atoms with Crippen molar-refractivity contribution >= 4 is 16.0 Å². The number of nitrogens with one attached hydrogen (secondary N) is 1. The predicted octanol–water partition coefficient (Wildman–Crippen LogP) is 1.06. The molecule has 0 aliphatic carbocycles. The van der Waals surface area contributed by atoms with E-state index in [1.54, 1.807) is 24.3 Å². The van der Waals surface area contributed by atoms with Crippen LogP contribution in [0.4, 0.5) is 0 Å². The summed E-state index contributed by atoms with van der Waals surface area (Å²) in [6.45, 7) is -0.0359. The van der Waals surface area contributed by atoms with E-state index in [1.807, 2.05) is 6.07 Å². The second kappa shape index (κ2) is 7.00. The van der Waals surface area contributed by atoms with Crippen molar-refractivity contribution in [2.45, 2.75) is 17.9 Å². The molecular formula is C15H13N3O4S. The van der Waals surface area contributed by atoms with Crippen LogP contribution in [0.5, 0.6) is 0 Å². The first-order valence-electron chi connectivity index (χ1n) is 6.57. The largest absolute Gasteiger partial charge is 0.481 e. The highest BCUT2D eigenvalue weighted by Crippen LogP contribution is 2.12. The molecule has 23 heavy (non-hydrogen) atoms. The lowest BCUT2D eigenvalue weighted by Gasteiger charge is -2.10. The molecule has 0 spiro atoms. The molecule has 2 rings (SSSR count). The summed E-state index contributed by atoms with van der Waals surface area (Å²) in [6, 6.07) is 11.1. The maximum atomic E-state index is 12.2. The Bertz CT molecular complexity index is 855. The van der Waals surface area contributed by atoms with E-state index in [1.165, 1.54) is 12.1 Å². The average Bonchev–Trinajstić information content (AvgIpc) is 2.53. The molecule has 1 aromatic carbocycles. The predicted molar refractivity (Wildman–Crippen MR) is 80.8 cm³/mol. The highest BCUT2D eigenvalue weighted by molar-refractivity contribution is 7.89. The van der Waals surface area contributed by atoms with Crippen LogP contribution in [-0.4, -0.2) is 24.5 Å². The topological polar surface area (TPSA) is 120 Å². The van der Waals surface area contributed by atoms with Crippen molar-refractivity contribution < 1.29 is 18.3 Å². The quantitative estimate of drug-likeness (QED) is 0.816. The lowest BCUT2D eigenvalue weighted by Crippen LogP contribution is -2.24. The number of aromatic nitrogens is 1. The van der Waals surface area contributed by atoms with Gasteiger partial charge in [0.15, 0.2) is 0 Å². The Kier molecular flexibility index (Phi) is 5.05. The van der Waals surface area contributed by atoms with Gasteiger partial charge in [-0.05, 0) is 23.3 Å². The van der Waals surface area contributed by atoms with Gasteiger partial charge in [-0.15, -0.1) is 0 Å². The van der Waals surface area contributed by atoms with Crippen molar-refractivity contribution in [3.63, 3.8) is 0 Å². The Morgan fingerprint density at radius 1 is 1.22 bits per heavy atom. The number of rotatable bonds is 6. The van der Waals surface area contributed by atoms with Gasteiger partial charge in [-0.2, -0.15) is 5.26 Å². The number of hydrogen-bond acceptors (Lipinski definition) is 5. The Morgan fingerprint density at radius 2 is 1.91 bits per heavy atom. The molecule has 0 amide bonds. The van der Waals surface area contributed by atoms with Crippen molar-refractivity contribution in [2.75, 3.05) is 0 Å². The molecular weight excluding hydrogens is 318 g/mol. The van der Waals surface area contributed by atoms with Crippen LogP contribution >= 0.6 is 0 Å². The zero-order chi connectivity index (χ0) is 16.9. The maximum absolute atomic E-state index is 12.2. The lowest BCUT2D eigenvalue weighted by atomic mass is 10.1. The van der Waals surface area contributed by atoms with Crippen LogP contribution in [0.2, 0.25) is 0 Å². The summed E-state index contributed by atoms with van der Waals surface area (Å²) in [5.74, 6) is -0.989. The molecule has 2 aromatic rings. The normalized spacial score (nSPS) is 10.9. The minimum absolute atomic E-state index is 0.0359. The molecule has 2 N–H and O–H groups in total. The van der Waals surface area contributed by atoms with Crippen LogP contribution in [0.15, 0.2) is 47.5 Å². The van der Waals surface area contributed by atoms with Gasteiger partial charge in [0.1, 0.15) is 16.7 Å². The highest BCUT2D eigenvalue weighted by Gasteiger charge is 2.15. The second-order valence-corrected chi connectivity index (χ2v) is 6.42. The molecule has 1 heterocycles. The first kappa shape index (κ1) is 16.6. The van der Waals surface area contributed by atoms with E-state index < -0.39 is 16.0 Å². The van der Waals surface area contributed by atoms with Crippen molar-refractivity contribution in [1.29, 1.82) is 5.26 Å². The van der Waals surface area contributed by atoms with Crippen molar-refractivity contribution in [3.05, 3.63) is 59.4 Å². The monoisotopic (exact) mass is 331 g/mol. The Balaban J connectivity index is 2.16. The summed E-state index contributed by atoms with van der Waals surface area (Å²) in [4.78, 5) is 14.5. The van der Waals surface area contributed by atoms with Crippen LogP contribution in [0.3, 0.4) is 0 Å². The Morgan fingerprint density at radius 3 is 2.48 bits per heavy atom. The average molecular weight is 331 g/mol. The number of aliphatic carboxylic acids is 1. The van der Waals surface area contributed by atoms with Crippen LogP contribution in [0, 0.1) is 11.3 Å². The van der Waals surface area contributed by atoms with Gasteiger partial charge < -0.3 is 5.11 Å². The molecule has 0 fully saturated rings. The number of benzene rings is 1. The maximum Gasteiger partial charge on any atom is 0.307 e. The molecule has 8 heteroatoms. The van der Waals surface area contributed by atoms with Gasteiger partial charge in [0, 0.05) is 12.7 Å². The molecule has 0 bridgehead atoms. The third-order valence-electron chi connectivity index (χ3n) is 3.07. The fourth-order valence-electron chi connectivity index (χ4n) is 1.93. The van der Waals surface area contributed by atoms with Crippen LogP contribution < -0.4 is 4.72 Å². The van der Waals surface area contributed by atoms with E-state index in [0.717, 1.165) is 6.20 Å². The van der Waals surface area contributed by atoms with Gasteiger partial charge in [0.25, 0.3) is 0 Å². The molecule has 0 saturated heterocycles. The number of carboxylic acids is 1. The van der Waals surface area contributed by atoms with E-state index in [-0.39, 0.29) is 23.6 Å². The molecule has 0 radical (unpaired) electrons. The Hall–Kier alpha value is -2.76. The van der Waals surface area contributed by atoms with Gasteiger partial charge >= 0.3 is 5.97 Å². The fourth-order valence-corrected chi connectivity index (χ4v) is 2.88. The van der Waals surface area contributed by atoms with Crippen LogP contribution in [-0.2, 0) is 27.8 Å². The number of pyridine rings is 1. The number of sulfonamides is 1. The summed E-state index contributed by atoms with van der Waals surface area (Å²) >= 11 is 0. The Labute approximate surface area is 133 Å². The number of hydrogen-bond donors (Lipinski definition) is 2. The zero-order valence-electron chi connectivity index (χ0n) is 11.9. The molecule has 0 aliphatic rings. The van der Waals surface area contributed by atoms with E-state index >= 15 is 0 Å². The van der Waals surface area contributed by atoms with Crippen molar-refractivity contribution in [1.82, 2.24) is 9.71 Å². The lowest BCUT2D eigenvalue weighted by molar-refractivity contribution is -0.136. The minimum Gasteiger partial charge on any atom is -0.481 e.